The van der Waals surface area contributed by atoms with Crippen LogP contribution in [0.25, 0.3) is 0 Å². The number of aryl methyl sites for hydroxylation is 1. The molecule has 0 aliphatic heterocycles. The van der Waals surface area contributed by atoms with E-state index in [1.165, 1.54) is 29.2 Å². The number of phenolic OH excluding ortho intramolecular Hbond substituents is 1. The molecule has 20 heavy (non-hydrogen) atoms. The van der Waals surface area contributed by atoms with Crippen LogP contribution in [0.2, 0.25) is 0 Å². The van der Waals surface area contributed by atoms with Gasteiger partial charge in [0.05, 0.1) is 16.8 Å². The number of aromatic hydroxyl groups is 1. The summed E-state index contributed by atoms with van der Waals surface area (Å²) in [6.45, 7) is 1.99. The molecule has 0 radical (unpaired) electrons. The van der Waals surface area contributed by atoms with Crippen LogP contribution in [-0.2, 0) is 18.3 Å². The molecule has 1 aromatic heterocycles. The maximum absolute atomic E-state index is 12.7. The highest BCUT2D eigenvalue weighted by atomic mass is 32.2. The van der Waals surface area contributed by atoms with Crippen molar-refractivity contribution in [2.75, 3.05) is 0 Å². The first-order valence-corrected chi connectivity index (χ1v) is 7.72. The summed E-state index contributed by atoms with van der Waals surface area (Å²) in [6.07, 6.45) is -3.65. The van der Waals surface area contributed by atoms with E-state index in [-0.39, 0.29) is 5.75 Å². The lowest BCUT2D eigenvalue weighted by molar-refractivity contribution is -0.137. The smallest absolute Gasteiger partial charge is 0.416 e. The summed E-state index contributed by atoms with van der Waals surface area (Å²) >= 11 is 2.75. The number of thiazole rings is 1. The Labute approximate surface area is 122 Å². The number of nitrogens with zero attached hydrogens (tertiary/aromatic N) is 1. The van der Waals surface area contributed by atoms with Gasteiger partial charge in [-0.05, 0) is 24.6 Å². The van der Waals surface area contributed by atoms with Gasteiger partial charge in [0.1, 0.15) is 5.75 Å². The van der Waals surface area contributed by atoms with Crippen molar-refractivity contribution < 1.29 is 18.3 Å². The lowest BCUT2D eigenvalue weighted by Crippen LogP contribution is -2.04. The number of halogens is 3. The monoisotopic (exact) mass is 319 g/mol. The SMILES string of the molecule is CCc1ncsc1CSc1cc(O)cc(C(F)(F)F)c1. The fraction of sp³-hybridized carbons (Fsp3) is 0.308. The summed E-state index contributed by atoms with van der Waals surface area (Å²) in [5, 5.41) is 9.39. The van der Waals surface area contributed by atoms with Gasteiger partial charge < -0.3 is 5.11 Å². The Hall–Kier alpha value is -1.21. The Balaban J connectivity index is 2.16. The zero-order valence-corrected chi connectivity index (χ0v) is 12.2. The van der Waals surface area contributed by atoms with Crippen LogP contribution >= 0.6 is 23.1 Å². The Kier molecular flexibility index (Phi) is 4.59. The van der Waals surface area contributed by atoms with Crippen LogP contribution in [-0.4, -0.2) is 10.1 Å². The van der Waals surface area contributed by atoms with Crippen molar-refractivity contribution in [3.63, 3.8) is 0 Å². The summed E-state index contributed by atoms with van der Waals surface area (Å²) in [5.41, 5.74) is 1.87. The molecule has 2 rings (SSSR count). The highest BCUT2D eigenvalue weighted by Gasteiger charge is 2.31. The van der Waals surface area contributed by atoms with Crippen molar-refractivity contribution in [1.29, 1.82) is 0 Å². The van der Waals surface area contributed by atoms with Crippen LogP contribution in [0, 0.1) is 0 Å². The van der Waals surface area contributed by atoms with Crippen LogP contribution in [0.5, 0.6) is 5.75 Å². The van der Waals surface area contributed by atoms with Crippen LogP contribution in [0.4, 0.5) is 13.2 Å². The number of rotatable bonds is 4. The molecule has 0 bridgehead atoms. The third-order valence-corrected chi connectivity index (χ3v) is 4.71. The van der Waals surface area contributed by atoms with E-state index in [1.807, 2.05) is 6.92 Å². The van der Waals surface area contributed by atoms with Crippen molar-refractivity contribution in [2.45, 2.75) is 30.2 Å². The fourth-order valence-corrected chi connectivity index (χ4v) is 3.65. The molecule has 0 aliphatic rings. The van der Waals surface area contributed by atoms with Gasteiger partial charge in [-0.15, -0.1) is 23.1 Å². The molecular formula is C13H12F3NOS2. The van der Waals surface area contributed by atoms with Crippen LogP contribution in [0.1, 0.15) is 23.1 Å². The minimum Gasteiger partial charge on any atom is -0.508 e. The Morgan fingerprint density at radius 3 is 2.70 bits per heavy atom. The Morgan fingerprint density at radius 2 is 2.05 bits per heavy atom. The van der Waals surface area contributed by atoms with Gasteiger partial charge >= 0.3 is 6.18 Å². The van der Waals surface area contributed by atoms with Crippen molar-refractivity contribution in [1.82, 2.24) is 4.98 Å². The number of aromatic nitrogens is 1. The number of phenols is 1. The maximum atomic E-state index is 12.7. The highest BCUT2D eigenvalue weighted by Crippen LogP contribution is 2.36. The molecular weight excluding hydrogens is 307 g/mol. The molecule has 1 heterocycles. The van der Waals surface area contributed by atoms with E-state index in [0.717, 1.165) is 29.1 Å². The number of alkyl halides is 3. The molecule has 0 atom stereocenters. The second-order valence-corrected chi connectivity index (χ2v) is 6.07. The lowest BCUT2D eigenvalue weighted by atomic mass is 10.2. The van der Waals surface area contributed by atoms with Crippen LogP contribution in [0.15, 0.2) is 28.6 Å². The molecule has 0 spiro atoms. The van der Waals surface area contributed by atoms with E-state index in [0.29, 0.717) is 10.6 Å². The quantitative estimate of drug-likeness (QED) is 0.828. The molecule has 2 aromatic rings. The normalized spacial score (nSPS) is 11.8. The van der Waals surface area contributed by atoms with Crippen LogP contribution in [0.3, 0.4) is 0 Å². The minimum atomic E-state index is -4.45. The molecule has 0 saturated carbocycles. The molecule has 0 fully saturated rings. The molecule has 0 aliphatic carbocycles. The summed E-state index contributed by atoms with van der Waals surface area (Å²) in [4.78, 5) is 5.64. The van der Waals surface area contributed by atoms with Crippen molar-refractivity contribution in [3.05, 3.63) is 39.8 Å². The minimum absolute atomic E-state index is 0.373. The summed E-state index contributed by atoms with van der Waals surface area (Å²) in [6, 6.07) is 3.12. The van der Waals surface area contributed by atoms with Gasteiger partial charge in [-0.2, -0.15) is 13.2 Å². The molecule has 1 aromatic carbocycles. The third kappa shape index (κ3) is 3.67. The van der Waals surface area contributed by atoms with Gasteiger partial charge in [0.2, 0.25) is 0 Å². The summed E-state index contributed by atoms with van der Waals surface area (Å²) in [7, 11) is 0. The maximum Gasteiger partial charge on any atom is 0.416 e. The molecule has 7 heteroatoms. The van der Waals surface area contributed by atoms with Crippen molar-refractivity contribution in [2.24, 2.45) is 0 Å². The standard InChI is InChI=1S/C13H12F3NOS2/c1-2-11-12(20-7-17-11)6-19-10-4-8(13(14,15)16)3-9(18)5-10/h3-5,7,18H,2,6H2,1H3. The first-order valence-electron chi connectivity index (χ1n) is 5.85. The Morgan fingerprint density at radius 1 is 1.30 bits per heavy atom. The zero-order chi connectivity index (χ0) is 14.8. The summed E-state index contributed by atoms with van der Waals surface area (Å²) in [5.74, 6) is 0.177. The van der Waals surface area contributed by atoms with E-state index < -0.39 is 11.7 Å². The number of thioether (sulfide) groups is 1. The fourth-order valence-electron chi connectivity index (χ4n) is 1.68. The van der Waals surface area contributed by atoms with E-state index >= 15 is 0 Å². The molecule has 0 amide bonds. The predicted octanol–water partition coefficient (Wildman–Crippen LogP) is 4.72. The number of hydrogen-bond acceptors (Lipinski definition) is 4. The number of benzene rings is 1. The van der Waals surface area contributed by atoms with Crippen molar-refractivity contribution in [3.8, 4) is 5.75 Å². The van der Waals surface area contributed by atoms with Gasteiger partial charge in [-0.3, -0.25) is 0 Å². The van der Waals surface area contributed by atoms with E-state index in [9.17, 15) is 18.3 Å². The van der Waals surface area contributed by atoms with E-state index in [2.05, 4.69) is 4.98 Å². The highest BCUT2D eigenvalue weighted by molar-refractivity contribution is 7.98. The predicted molar refractivity (Wildman–Crippen MR) is 74.2 cm³/mol. The van der Waals surface area contributed by atoms with Gasteiger partial charge in [-0.25, -0.2) is 4.98 Å². The average Bonchev–Trinajstić information content (AvgIpc) is 2.82. The van der Waals surface area contributed by atoms with E-state index in [4.69, 9.17) is 0 Å². The van der Waals surface area contributed by atoms with Crippen LogP contribution < -0.4 is 0 Å². The first kappa shape index (κ1) is 15.2. The molecule has 0 saturated heterocycles. The zero-order valence-electron chi connectivity index (χ0n) is 10.6. The molecule has 1 N–H and O–H groups in total. The largest absolute Gasteiger partial charge is 0.508 e. The average molecular weight is 319 g/mol. The van der Waals surface area contributed by atoms with Crippen molar-refractivity contribution >= 4 is 23.1 Å². The second-order valence-electron chi connectivity index (χ2n) is 4.08. The lowest BCUT2D eigenvalue weighted by Gasteiger charge is -2.09. The molecule has 2 nitrogen and oxygen atoms in total. The second kappa shape index (κ2) is 6.05. The van der Waals surface area contributed by atoms with Gasteiger partial charge in [-0.1, -0.05) is 6.92 Å². The first-order chi connectivity index (χ1) is 9.40. The molecule has 0 unspecified atom stereocenters. The van der Waals surface area contributed by atoms with E-state index in [1.54, 1.807) is 5.51 Å². The topological polar surface area (TPSA) is 33.1 Å². The number of hydrogen-bond donors (Lipinski definition) is 1. The summed E-state index contributed by atoms with van der Waals surface area (Å²) < 4.78 is 38.0. The molecule has 108 valence electrons. The third-order valence-electron chi connectivity index (χ3n) is 2.65. The van der Waals surface area contributed by atoms with Gasteiger partial charge in [0.15, 0.2) is 0 Å². The Bertz CT molecular complexity index is 596. The van der Waals surface area contributed by atoms with Gasteiger partial charge in [0.25, 0.3) is 0 Å². The van der Waals surface area contributed by atoms with Gasteiger partial charge in [0, 0.05) is 15.5 Å².